The van der Waals surface area contributed by atoms with Crippen LogP contribution in [0.15, 0.2) is 48.7 Å². The number of halogens is 3. The fraction of sp³-hybridized carbons (Fsp3) is 0.125. The number of alkyl halides is 3. The van der Waals surface area contributed by atoms with Gasteiger partial charge in [-0.1, -0.05) is 12.1 Å². The van der Waals surface area contributed by atoms with E-state index in [1.54, 1.807) is 12.1 Å². The number of nitrogens with one attached hydrogen (secondary N) is 2. The molecular formula is C16H14F3N3O2. The zero-order valence-electron chi connectivity index (χ0n) is 12.3. The molecule has 1 aromatic heterocycles. The Labute approximate surface area is 135 Å². The van der Waals surface area contributed by atoms with Crippen LogP contribution in [0, 0.1) is 0 Å². The monoisotopic (exact) mass is 337 g/mol. The molecule has 0 radical (unpaired) electrons. The zero-order chi connectivity index (χ0) is 17.6. The van der Waals surface area contributed by atoms with Crippen LogP contribution in [-0.4, -0.2) is 16.1 Å². The molecule has 2 aromatic rings. The number of hydrogen-bond acceptors (Lipinski definition) is 4. The number of carbonyl (C=O) groups excluding carboxylic acids is 1. The lowest BCUT2D eigenvalue weighted by Crippen LogP contribution is -2.15. The molecule has 0 aliphatic carbocycles. The number of amides is 1. The van der Waals surface area contributed by atoms with Crippen LogP contribution < -0.4 is 10.8 Å². The Morgan fingerprint density at radius 1 is 1.25 bits per heavy atom. The fourth-order valence-electron chi connectivity index (χ4n) is 1.94. The smallest absolute Gasteiger partial charge is 0.379 e. The van der Waals surface area contributed by atoms with Gasteiger partial charge in [0.1, 0.15) is 0 Å². The highest BCUT2D eigenvalue weighted by Gasteiger charge is 2.30. The van der Waals surface area contributed by atoms with Crippen molar-refractivity contribution in [1.82, 2.24) is 10.5 Å². The standard InChI is InChI=1S/C16H14F3N3O2/c17-16(18,19)12-4-1-5-13(9-12)21-10-14-11(3-2-8-20-14)6-7-15(23)22-24/h1-9,21,24H,10H2,(H,22,23). The summed E-state index contributed by atoms with van der Waals surface area (Å²) in [4.78, 5) is 15.2. The number of carbonyl (C=O) groups is 1. The van der Waals surface area contributed by atoms with E-state index in [1.807, 2.05) is 0 Å². The molecule has 24 heavy (non-hydrogen) atoms. The minimum atomic E-state index is -4.41. The molecule has 0 aliphatic heterocycles. The minimum absolute atomic E-state index is 0.169. The molecule has 0 unspecified atom stereocenters. The predicted molar refractivity (Wildman–Crippen MR) is 82.0 cm³/mol. The van der Waals surface area contributed by atoms with Crippen molar-refractivity contribution in [3.05, 3.63) is 65.5 Å². The Balaban J connectivity index is 2.13. The highest BCUT2D eigenvalue weighted by atomic mass is 19.4. The topological polar surface area (TPSA) is 74.2 Å². The third-order valence-corrected chi connectivity index (χ3v) is 3.10. The molecule has 8 heteroatoms. The number of rotatable bonds is 5. The maximum Gasteiger partial charge on any atom is 0.416 e. The van der Waals surface area contributed by atoms with E-state index in [1.165, 1.54) is 29.9 Å². The molecule has 0 saturated heterocycles. The average molecular weight is 337 g/mol. The summed E-state index contributed by atoms with van der Waals surface area (Å²) in [7, 11) is 0. The van der Waals surface area contributed by atoms with E-state index in [9.17, 15) is 18.0 Å². The van der Waals surface area contributed by atoms with Crippen LogP contribution in [0.1, 0.15) is 16.8 Å². The molecule has 0 fully saturated rings. The number of benzene rings is 1. The lowest BCUT2D eigenvalue weighted by molar-refractivity contribution is -0.137. The Kier molecular flexibility index (Phi) is 5.54. The van der Waals surface area contributed by atoms with Crippen molar-refractivity contribution < 1.29 is 23.2 Å². The van der Waals surface area contributed by atoms with Crippen LogP contribution in [0.3, 0.4) is 0 Å². The van der Waals surface area contributed by atoms with Gasteiger partial charge in [0.2, 0.25) is 0 Å². The maximum atomic E-state index is 12.7. The molecule has 2 rings (SSSR count). The summed E-state index contributed by atoms with van der Waals surface area (Å²) in [6.07, 6.45) is -0.312. The first kappa shape index (κ1) is 17.5. The van der Waals surface area contributed by atoms with E-state index in [0.29, 0.717) is 16.9 Å². The van der Waals surface area contributed by atoms with Crippen LogP contribution in [0.5, 0.6) is 0 Å². The molecule has 0 saturated carbocycles. The lowest BCUT2D eigenvalue weighted by Gasteiger charge is -2.11. The molecule has 0 spiro atoms. The molecular weight excluding hydrogens is 323 g/mol. The molecule has 0 atom stereocenters. The summed E-state index contributed by atoms with van der Waals surface area (Å²) in [6.45, 7) is 0.169. The molecule has 1 amide bonds. The van der Waals surface area contributed by atoms with Gasteiger partial charge in [-0.05, 0) is 35.9 Å². The van der Waals surface area contributed by atoms with Gasteiger partial charge in [-0.2, -0.15) is 13.2 Å². The number of pyridine rings is 1. The molecule has 0 bridgehead atoms. The first-order valence-electron chi connectivity index (χ1n) is 6.87. The van der Waals surface area contributed by atoms with Gasteiger partial charge in [-0.25, -0.2) is 5.48 Å². The highest BCUT2D eigenvalue weighted by molar-refractivity contribution is 5.90. The van der Waals surface area contributed by atoms with Gasteiger partial charge in [0.25, 0.3) is 5.91 Å². The highest BCUT2D eigenvalue weighted by Crippen LogP contribution is 2.30. The van der Waals surface area contributed by atoms with Gasteiger partial charge >= 0.3 is 6.18 Å². The summed E-state index contributed by atoms with van der Waals surface area (Å²) >= 11 is 0. The van der Waals surface area contributed by atoms with Gasteiger partial charge in [-0.15, -0.1) is 0 Å². The average Bonchev–Trinajstić information content (AvgIpc) is 2.58. The second-order valence-corrected chi connectivity index (χ2v) is 4.78. The van der Waals surface area contributed by atoms with Gasteiger partial charge in [0.15, 0.2) is 0 Å². The molecule has 0 aliphatic rings. The van der Waals surface area contributed by atoms with Crippen LogP contribution in [-0.2, 0) is 17.5 Å². The zero-order valence-corrected chi connectivity index (χ0v) is 12.3. The second kappa shape index (κ2) is 7.60. The number of aromatic nitrogens is 1. The Morgan fingerprint density at radius 2 is 2.04 bits per heavy atom. The van der Waals surface area contributed by atoms with E-state index < -0.39 is 17.6 Å². The fourth-order valence-corrected chi connectivity index (χ4v) is 1.94. The number of nitrogens with zero attached hydrogens (tertiary/aromatic N) is 1. The van der Waals surface area contributed by atoms with Crippen molar-refractivity contribution in [2.45, 2.75) is 12.7 Å². The quantitative estimate of drug-likeness (QED) is 0.445. The Morgan fingerprint density at radius 3 is 2.75 bits per heavy atom. The summed E-state index contributed by atoms with van der Waals surface area (Å²) < 4.78 is 38.1. The minimum Gasteiger partial charge on any atom is -0.379 e. The van der Waals surface area contributed by atoms with Crippen LogP contribution in [0.25, 0.3) is 6.08 Å². The van der Waals surface area contributed by atoms with Crippen molar-refractivity contribution in [1.29, 1.82) is 0 Å². The Bertz CT molecular complexity index is 745. The van der Waals surface area contributed by atoms with E-state index >= 15 is 0 Å². The first-order valence-corrected chi connectivity index (χ1v) is 6.87. The molecule has 126 valence electrons. The van der Waals surface area contributed by atoms with E-state index in [4.69, 9.17) is 5.21 Å². The molecule has 1 heterocycles. The van der Waals surface area contributed by atoms with Gasteiger partial charge in [0, 0.05) is 18.0 Å². The van der Waals surface area contributed by atoms with Crippen molar-refractivity contribution in [3.63, 3.8) is 0 Å². The number of anilines is 1. The van der Waals surface area contributed by atoms with Crippen molar-refractivity contribution in [2.75, 3.05) is 5.32 Å². The molecule has 1 aromatic carbocycles. The van der Waals surface area contributed by atoms with Crippen LogP contribution in [0.2, 0.25) is 0 Å². The second-order valence-electron chi connectivity index (χ2n) is 4.78. The molecule has 3 N–H and O–H groups in total. The third kappa shape index (κ3) is 4.82. The predicted octanol–water partition coefficient (Wildman–Crippen LogP) is 3.23. The van der Waals surface area contributed by atoms with E-state index in [0.717, 1.165) is 18.2 Å². The summed E-state index contributed by atoms with van der Waals surface area (Å²) in [6, 6.07) is 8.19. The van der Waals surface area contributed by atoms with Crippen LogP contribution >= 0.6 is 0 Å². The maximum absolute atomic E-state index is 12.7. The van der Waals surface area contributed by atoms with Crippen molar-refractivity contribution >= 4 is 17.7 Å². The van der Waals surface area contributed by atoms with Gasteiger partial charge < -0.3 is 5.32 Å². The van der Waals surface area contributed by atoms with E-state index in [-0.39, 0.29) is 6.54 Å². The van der Waals surface area contributed by atoms with Gasteiger partial charge in [0.05, 0.1) is 17.8 Å². The number of hydroxylamine groups is 1. The summed E-state index contributed by atoms with van der Waals surface area (Å²) in [5.41, 5.74) is 2.16. The normalized spacial score (nSPS) is 11.5. The van der Waals surface area contributed by atoms with Crippen molar-refractivity contribution in [2.24, 2.45) is 0 Å². The van der Waals surface area contributed by atoms with E-state index in [2.05, 4.69) is 10.3 Å². The third-order valence-electron chi connectivity index (χ3n) is 3.10. The first-order chi connectivity index (χ1) is 11.4. The Hall–Kier alpha value is -2.87. The lowest BCUT2D eigenvalue weighted by atomic mass is 10.1. The summed E-state index contributed by atoms with van der Waals surface area (Å²) in [5, 5.41) is 11.3. The SMILES string of the molecule is O=C(C=Cc1cccnc1CNc1cccc(C(F)(F)F)c1)NO. The number of hydrogen-bond donors (Lipinski definition) is 3. The summed E-state index contributed by atoms with van der Waals surface area (Å²) in [5.74, 6) is -0.698. The largest absolute Gasteiger partial charge is 0.416 e. The van der Waals surface area contributed by atoms with Crippen LogP contribution in [0.4, 0.5) is 18.9 Å². The van der Waals surface area contributed by atoms with Gasteiger partial charge in [-0.3, -0.25) is 15.0 Å². The van der Waals surface area contributed by atoms with Crippen molar-refractivity contribution in [3.8, 4) is 0 Å². The molecule has 5 nitrogen and oxygen atoms in total.